The summed E-state index contributed by atoms with van der Waals surface area (Å²) in [5.41, 5.74) is 1.65. The number of aromatic nitrogens is 6. The first-order valence-electron chi connectivity index (χ1n) is 7.01. The molecule has 0 saturated carbocycles. The predicted molar refractivity (Wildman–Crippen MR) is 97.5 cm³/mol. The standard InChI is InChI=1S/C15H8Cl3N7/c16-7-2-1-3-8(17)11(7)13-24-12-14(21-6-22-15(12)25-13)23-10-4-9(18)19-5-20-10/h1-6H,(H2,19,20,21,22,23,24,25). The molecule has 3 heterocycles. The molecule has 0 spiro atoms. The molecule has 0 amide bonds. The Kier molecular flexibility index (Phi) is 4.12. The molecule has 3 aromatic heterocycles. The van der Waals surface area contributed by atoms with Crippen LogP contribution in [0.2, 0.25) is 15.2 Å². The molecule has 4 aromatic rings. The van der Waals surface area contributed by atoms with Crippen molar-refractivity contribution in [3.63, 3.8) is 0 Å². The minimum absolute atomic E-state index is 0.316. The zero-order valence-corrected chi connectivity index (χ0v) is 14.6. The molecule has 124 valence electrons. The molecule has 0 saturated heterocycles. The van der Waals surface area contributed by atoms with E-state index >= 15 is 0 Å². The van der Waals surface area contributed by atoms with Gasteiger partial charge in [-0.2, -0.15) is 0 Å². The molecular formula is C15H8Cl3N7. The van der Waals surface area contributed by atoms with Crippen LogP contribution in [0.3, 0.4) is 0 Å². The van der Waals surface area contributed by atoms with E-state index in [4.69, 9.17) is 34.8 Å². The van der Waals surface area contributed by atoms with Crippen LogP contribution in [0, 0.1) is 0 Å². The summed E-state index contributed by atoms with van der Waals surface area (Å²) in [5, 5.41) is 4.34. The van der Waals surface area contributed by atoms with E-state index in [9.17, 15) is 0 Å². The molecular weight excluding hydrogens is 385 g/mol. The van der Waals surface area contributed by atoms with Crippen molar-refractivity contribution in [1.29, 1.82) is 0 Å². The number of aromatic amines is 1. The van der Waals surface area contributed by atoms with Gasteiger partial charge in [0.05, 0.1) is 15.6 Å². The molecule has 0 radical (unpaired) electrons. The van der Waals surface area contributed by atoms with E-state index in [-0.39, 0.29) is 0 Å². The quantitative estimate of drug-likeness (QED) is 0.498. The Morgan fingerprint density at radius 1 is 0.920 bits per heavy atom. The highest BCUT2D eigenvalue weighted by molar-refractivity contribution is 6.39. The van der Waals surface area contributed by atoms with Crippen LogP contribution >= 0.6 is 34.8 Å². The maximum Gasteiger partial charge on any atom is 0.183 e. The van der Waals surface area contributed by atoms with Gasteiger partial charge in [-0.25, -0.2) is 24.9 Å². The minimum Gasteiger partial charge on any atom is -0.333 e. The molecule has 0 aliphatic carbocycles. The van der Waals surface area contributed by atoms with Gasteiger partial charge in [0.2, 0.25) is 0 Å². The first kappa shape index (κ1) is 16.0. The number of halogens is 3. The summed E-state index contributed by atoms with van der Waals surface area (Å²) in [6, 6.07) is 6.83. The highest BCUT2D eigenvalue weighted by Gasteiger charge is 2.16. The van der Waals surface area contributed by atoms with Gasteiger partial charge in [0, 0.05) is 6.07 Å². The van der Waals surface area contributed by atoms with E-state index < -0.39 is 0 Å². The third-order valence-corrected chi connectivity index (χ3v) is 4.20. The fourth-order valence-corrected chi connectivity index (χ4v) is 3.01. The van der Waals surface area contributed by atoms with E-state index in [1.165, 1.54) is 12.7 Å². The summed E-state index contributed by atoms with van der Waals surface area (Å²) >= 11 is 18.4. The molecule has 7 nitrogen and oxygen atoms in total. The molecule has 25 heavy (non-hydrogen) atoms. The van der Waals surface area contributed by atoms with Crippen LogP contribution < -0.4 is 5.32 Å². The molecule has 0 fully saturated rings. The number of nitrogens with one attached hydrogen (secondary N) is 2. The summed E-state index contributed by atoms with van der Waals surface area (Å²) in [6.07, 6.45) is 2.75. The summed E-state index contributed by atoms with van der Waals surface area (Å²) in [6.45, 7) is 0. The number of hydrogen-bond donors (Lipinski definition) is 2. The molecule has 10 heteroatoms. The number of nitrogens with zero attached hydrogens (tertiary/aromatic N) is 5. The molecule has 0 aliphatic rings. The van der Waals surface area contributed by atoms with Gasteiger partial charge in [-0.05, 0) is 12.1 Å². The number of anilines is 2. The second kappa shape index (κ2) is 6.44. The highest BCUT2D eigenvalue weighted by Crippen LogP contribution is 2.34. The Balaban J connectivity index is 1.82. The maximum atomic E-state index is 6.25. The van der Waals surface area contributed by atoms with Gasteiger partial charge in [0.25, 0.3) is 0 Å². The van der Waals surface area contributed by atoms with Gasteiger partial charge in [-0.15, -0.1) is 0 Å². The lowest BCUT2D eigenvalue weighted by atomic mass is 10.2. The highest BCUT2D eigenvalue weighted by atomic mass is 35.5. The summed E-state index contributed by atoms with van der Waals surface area (Å²) in [5.74, 6) is 1.48. The van der Waals surface area contributed by atoms with Crippen molar-refractivity contribution in [2.24, 2.45) is 0 Å². The molecule has 0 unspecified atom stereocenters. The van der Waals surface area contributed by atoms with Gasteiger partial charge in [-0.3, -0.25) is 0 Å². The molecule has 4 rings (SSSR count). The Bertz CT molecular complexity index is 1060. The lowest BCUT2D eigenvalue weighted by Crippen LogP contribution is -1.98. The van der Waals surface area contributed by atoms with Gasteiger partial charge in [-0.1, -0.05) is 40.9 Å². The van der Waals surface area contributed by atoms with Crippen molar-refractivity contribution in [3.05, 3.63) is 52.1 Å². The number of imidazole rings is 1. The van der Waals surface area contributed by atoms with E-state index in [2.05, 4.69) is 35.2 Å². The third kappa shape index (κ3) is 3.09. The fourth-order valence-electron chi connectivity index (χ4n) is 2.29. The predicted octanol–water partition coefficient (Wildman–Crippen LogP) is 4.51. The van der Waals surface area contributed by atoms with Crippen LogP contribution in [0.1, 0.15) is 0 Å². The second-order valence-corrected chi connectivity index (χ2v) is 6.16. The monoisotopic (exact) mass is 391 g/mol. The topological polar surface area (TPSA) is 92.3 Å². The molecule has 0 bridgehead atoms. The molecule has 1 aromatic carbocycles. The summed E-state index contributed by atoms with van der Waals surface area (Å²) in [4.78, 5) is 23.9. The first-order chi connectivity index (χ1) is 12.1. The average Bonchev–Trinajstić information content (AvgIpc) is 2.99. The normalized spacial score (nSPS) is 11.0. The first-order valence-corrected chi connectivity index (χ1v) is 8.15. The molecule has 0 aliphatic heterocycles. The molecule has 0 atom stereocenters. The average molecular weight is 393 g/mol. The van der Waals surface area contributed by atoms with Crippen LogP contribution in [0.5, 0.6) is 0 Å². The van der Waals surface area contributed by atoms with Crippen molar-refractivity contribution in [2.45, 2.75) is 0 Å². The zero-order chi connectivity index (χ0) is 17.4. The van der Waals surface area contributed by atoms with Crippen molar-refractivity contribution < 1.29 is 0 Å². The Labute approximate surface area is 156 Å². The van der Waals surface area contributed by atoms with E-state index in [1.54, 1.807) is 24.3 Å². The number of H-pyrrole nitrogens is 1. The number of fused-ring (bicyclic) bond motifs is 1. The number of rotatable bonds is 3. The Morgan fingerprint density at radius 2 is 1.68 bits per heavy atom. The van der Waals surface area contributed by atoms with Crippen molar-refractivity contribution in [3.8, 4) is 11.4 Å². The second-order valence-electron chi connectivity index (χ2n) is 4.95. The van der Waals surface area contributed by atoms with E-state index in [0.717, 1.165) is 0 Å². The van der Waals surface area contributed by atoms with Gasteiger partial charge < -0.3 is 10.3 Å². The van der Waals surface area contributed by atoms with Crippen LogP contribution in [0.15, 0.2) is 36.9 Å². The Morgan fingerprint density at radius 3 is 2.44 bits per heavy atom. The van der Waals surface area contributed by atoms with Gasteiger partial charge >= 0.3 is 0 Å². The summed E-state index contributed by atoms with van der Waals surface area (Å²) < 4.78 is 0. The van der Waals surface area contributed by atoms with Crippen molar-refractivity contribution >= 4 is 57.6 Å². The molecule has 2 N–H and O–H groups in total. The third-order valence-electron chi connectivity index (χ3n) is 3.37. The van der Waals surface area contributed by atoms with Crippen LogP contribution in [0.25, 0.3) is 22.6 Å². The smallest absolute Gasteiger partial charge is 0.183 e. The van der Waals surface area contributed by atoms with E-state index in [0.29, 0.717) is 49.4 Å². The lowest BCUT2D eigenvalue weighted by Gasteiger charge is -2.04. The SMILES string of the molecule is Clc1cc(Nc2ncnc3nc(-c4c(Cl)cccc4Cl)[nH]c23)ncn1. The Hall–Kier alpha value is -2.48. The lowest BCUT2D eigenvalue weighted by molar-refractivity contribution is 1.15. The van der Waals surface area contributed by atoms with Crippen LogP contribution in [-0.2, 0) is 0 Å². The van der Waals surface area contributed by atoms with Crippen LogP contribution in [0.4, 0.5) is 11.6 Å². The summed E-state index contributed by atoms with van der Waals surface area (Å²) in [7, 11) is 0. The van der Waals surface area contributed by atoms with Crippen molar-refractivity contribution in [1.82, 2.24) is 29.9 Å². The minimum atomic E-state index is 0.316. The van der Waals surface area contributed by atoms with Gasteiger partial charge in [0.15, 0.2) is 11.5 Å². The largest absolute Gasteiger partial charge is 0.333 e. The maximum absolute atomic E-state index is 6.25. The number of benzene rings is 1. The van der Waals surface area contributed by atoms with E-state index in [1.807, 2.05) is 0 Å². The number of hydrogen-bond acceptors (Lipinski definition) is 6. The fraction of sp³-hybridized carbons (Fsp3) is 0. The van der Waals surface area contributed by atoms with Crippen molar-refractivity contribution in [2.75, 3.05) is 5.32 Å². The van der Waals surface area contributed by atoms with Gasteiger partial charge in [0.1, 0.15) is 35.0 Å². The zero-order valence-electron chi connectivity index (χ0n) is 12.3. The van der Waals surface area contributed by atoms with Crippen LogP contribution in [-0.4, -0.2) is 29.9 Å².